The van der Waals surface area contributed by atoms with Crippen molar-refractivity contribution in [1.82, 2.24) is 4.98 Å². The molecular formula is C15H14Br2N2. The van der Waals surface area contributed by atoms with Crippen molar-refractivity contribution in [2.75, 3.05) is 5.32 Å². The zero-order valence-corrected chi connectivity index (χ0v) is 13.8. The smallest absolute Gasteiger partial charge is 0.106 e. The second kappa shape index (κ2) is 5.25. The molecule has 4 heteroatoms. The largest absolute Gasteiger partial charge is 0.377 e. The van der Waals surface area contributed by atoms with E-state index < -0.39 is 0 Å². The molecule has 1 unspecified atom stereocenters. The lowest BCUT2D eigenvalue weighted by molar-refractivity contribution is 0.759. The number of aromatic nitrogens is 1. The first-order valence-corrected chi connectivity index (χ1v) is 7.91. The molecule has 0 saturated carbocycles. The Labute approximate surface area is 129 Å². The first-order chi connectivity index (χ1) is 9.15. The molecule has 1 aromatic carbocycles. The first kappa shape index (κ1) is 13.1. The third-order valence-corrected chi connectivity index (χ3v) is 4.78. The van der Waals surface area contributed by atoms with E-state index in [-0.39, 0.29) is 0 Å². The van der Waals surface area contributed by atoms with Gasteiger partial charge in [0, 0.05) is 4.47 Å². The van der Waals surface area contributed by atoms with E-state index >= 15 is 0 Å². The minimum atomic E-state index is 0.383. The number of halogens is 2. The summed E-state index contributed by atoms with van der Waals surface area (Å²) in [6, 6.07) is 10.9. The van der Waals surface area contributed by atoms with Crippen molar-refractivity contribution in [3.05, 3.63) is 56.2 Å². The highest BCUT2D eigenvalue weighted by atomic mass is 79.9. The average Bonchev–Trinajstić information content (AvgIpc) is 2.78. The second-order valence-electron chi connectivity index (χ2n) is 4.81. The number of nitrogens with one attached hydrogen (secondary N) is 1. The fraction of sp³-hybridized carbons (Fsp3) is 0.267. The van der Waals surface area contributed by atoms with Gasteiger partial charge in [0.15, 0.2) is 0 Å². The van der Waals surface area contributed by atoms with Gasteiger partial charge in [-0.25, -0.2) is 4.98 Å². The van der Waals surface area contributed by atoms with E-state index in [1.165, 1.54) is 15.6 Å². The van der Waals surface area contributed by atoms with E-state index in [1.807, 2.05) is 13.0 Å². The number of hydrogen-bond donors (Lipinski definition) is 1. The van der Waals surface area contributed by atoms with Gasteiger partial charge in [-0.2, -0.15) is 0 Å². The lowest BCUT2D eigenvalue weighted by Crippen LogP contribution is -2.08. The first-order valence-electron chi connectivity index (χ1n) is 6.32. The third-order valence-electron chi connectivity index (χ3n) is 3.60. The van der Waals surface area contributed by atoms with Crippen molar-refractivity contribution in [2.24, 2.45) is 0 Å². The van der Waals surface area contributed by atoms with Crippen LogP contribution in [0.2, 0.25) is 0 Å². The number of anilines is 1. The van der Waals surface area contributed by atoms with Gasteiger partial charge in [-0.05, 0) is 65.0 Å². The van der Waals surface area contributed by atoms with Crippen molar-refractivity contribution in [1.29, 1.82) is 0 Å². The molecule has 19 heavy (non-hydrogen) atoms. The van der Waals surface area contributed by atoms with Gasteiger partial charge >= 0.3 is 0 Å². The van der Waals surface area contributed by atoms with Gasteiger partial charge in [-0.1, -0.05) is 28.1 Å². The van der Waals surface area contributed by atoms with E-state index in [0.29, 0.717) is 6.04 Å². The topological polar surface area (TPSA) is 24.9 Å². The third kappa shape index (κ3) is 2.56. The summed E-state index contributed by atoms with van der Waals surface area (Å²) in [6.45, 7) is 2.03. The van der Waals surface area contributed by atoms with Gasteiger partial charge in [0.25, 0.3) is 0 Å². The fourth-order valence-electron chi connectivity index (χ4n) is 2.63. The Morgan fingerprint density at radius 2 is 2.05 bits per heavy atom. The van der Waals surface area contributed by atoms with Crippen LogP contribution in [0.15, 0.2) is 39.4 Å². The van der Waals surface area contributed by atoms with Gasteiger partial charge in [0.2, 0.25) is 0 Å². The molecule has 1 heterocycles. The minimum Gasteiger partial charge on any atom is -0.377 e. The van der Waals surface area contributed by atoms with Crippen LogP contribution in [0.4, 0.5) is 5.69 Å². The predicted molar refractivity (Wildman–Crippen MR) is 85.5 cm³/mol. The molecule has 0 spiro atoms. The van der Waals surface area contributed by atoms with Crippen LogP contribution in [-0.4, -0.2) is 4.98 Å². The van der Waals surface area contributed by atoms with Gasteiger partial charge in [-0.3, -0.25) is 0 Å². The lowest BCUT2D eigenvalue weighted by atomic mass is 10.1. The SMILES string of the molecule is Cc1nc(Br)ccc1NC1CCc2c(Br)cccc21. The summed E-state index contributed by atoms with van der Waals surface area (Å²) in [5.74, 6) is 0. The molecule has 0 fully saturated rings. The van der Waals surface area contributed by atoms with Gasteiger partial charge in [0.05, 0.1) is 17.4 Å². The highest BCUT2D eigenvalue weighted by molar-refractivity contribution is 9.10. The van der Waals surface area contributed by atoms with Crippen molar-refractivity contribution >= 4 is 37.5 Å². The number of pyridine rings is 1. The Kier molecular flexibility index (Phi) is 3.63. The molecule has 1 N–H and O–H groups in total. The number of aryl methyl sites for hydroxylation is 1. The Morgan fingerprint density at radius 1 is 1.21 bits per heavy atom. The van der Waals surface area contributed by atoms with Crippen molar-refractivity contribution < 1.29 is 0 Å². The summed E-state index contributed by atoms with van der Waals surface area (Å²) in [4.78, 5) is 4.43. The molecule has 2 nitrogen and oxygen atoms in total. The van der Waals surface area contributed by atoms with E-state index in [9.17, 15) is 0 Å². The summed E-state index contributed by atoms with van der Waals surface area (Å²) in [5, 5.41) is 3.62. The molecule has 0 saturated heterocycles. The standard InChI is InChI=1S/C15H14Br2N2/c1-9-13(7-8-15(17)18-9)19-14-6-5-10-11(14)3-2-4-12(10)16/h2-4,7-8,14,19H,5-6H2,1H3. The molecule has 0 radical (unpaired) electrons. The highest BCUT2D eigenvalue weighted by Crippen LogP contribution is 2.37. The number of hydrogen-bond acceptors (Lipinski definition) is 2. The van der Waals surface area contributed by atoms with Gasteiger partial charge < -0.3 is 5.32 Å². The van der Waals surface area contributed by atoms with Gasteiger partial charge in [0.1, 0.15) is 4.60 Å². The average molecular weight is 382 g/mol. The van der Waals surface area contributed by atoms with E-state index in [4.69, 9.17) is 0 Å². The van der Waals surface area contributed by atoms with Crippen LogP contribution in [0, 0.1) is 6.92 Å². The molecule has 98 valence electrons. The van der Waals surface area contributed by atoms with Crippen LogP contribution in [0.3, 0.4) is 0 Å². The Bertz CT molecular complexity index is 626. The normalized spacial score (nSPS) is 17.3. The molecule has 1 aliphatic rings. The Morgan fingerprint density at radius 3 is 2.84 bits per heavy atom. The molecule has 2 aromatic rings. The molecule has 1 atom stereocenters. The van der Waals surface area contributed by atoms with Gasteiger partial charge in [-0.15, -0.1) is 0 Å². The number of nitrogens with zero attached hydrogens (tertiary/aromatic N) is 1. The number of fused-ring (bicyclic) bond motifs is 1. The van der Waals surface area contributed by atoms with Crippen LogP contribution >= 0.6 is 31.9 Å². The fourth-order valence-corrected chi connectivity index (χ4v) is 3.61. The summed E-state index contributed by atoms with van der Waals surface area (Å²) in [5.41, 5.74) is 4.97. The molecule has 0 bridgehead atoms. The molecule has 1 aromatic heterocycles. The number of rotatable bonds is 2. The quantitative estimate of drug-likeness (QED) is 0.739. The van der Waals surface area contributed by atoms with Crippen LogP contribution < -0.4 is 5.32 Å². The summed E-state index contributed by atoms with van der Waals surface area (Å²) in [6.07, 6.45) is 2.25. The zero-order valence-electron chi connectivity index (χ0n) is 10.6. The summed E-state index contributed by atoms with van der Waals surface area (Å²) >= 11 is 7.04. The van der Waals surface area contributed by atoms with Crippen molar-refractivity contribution in [2.45, 2.75) is 25.8 Å². The number of benzene rings is 1. The zero-order chi connectivity index (χ0) is 13.4. The van der Waals surface area contributed by atoms with Crippen LogP contribution in [-0.2, 0) is 6.42 Å². The van der Waals surface area contributed by atoms with E-state index in [1.54, 1.807) is 0 Å². The van der Waals surface area contributed by atoms with Crippen LogP contribution in [0.1, 0.15) is 29.3 Å². The van der Waals surface area contributed by atoms with Crippen LogP contribution in [0.25, 0.3) is 0 Å². The molecule has 0 amide bonds. The predicted octanol–water partition coefficient (Wildman–Crippen LogP) is 5.01. The molecule has 3 rings (SSSR count). The van der Waals surface area contributed by atoms with E-state index in [0.717, 1.165) is 28.8 Å². The maximum absolute atomic E-state index is 4.43. The molecule has 0 aliphatic heterocycles. The Balaban J connectivity index is 1.89. The second-order valence-corrected chi connectivity index (χ2v) is 6.48. The van der Waals surface area contributed by atoms with Crippen molar-refractivity contribution in [3.63, 3.8) is 0 Å². The monoisotopic (exact) mass is 380 g/mol. The Hall–Kier alpha value is -0.870. The lowest BCUT2D eigenvalue weighted by Gasteiger charge is -2.17. The highest BCUT2D eigenvalue weighted by Gasteiger charge is 2.24. The molecule has 1 aliphatic carbocycles. The summed E-state index contributed by atoms with van der Waals surface area (Å²) in [7, 11) is 0. The maximum Gasteiger partial charge on any atom is 0.106 e. The summed E-state index contributed by atoms with van der Waals surface area (Å²) < 4.78 is 2.10. The molecular weight excluding hydrogens is 368 g/mol. The minimum absolute atomic E-state index is 0.383. The van der Waals surface area contributed by atoms with E-state index in [2.05, 4.69) is 66.4 Å². The van der Waals surface area contributed by atoms with Crippen LogP contribution in [0.5, 0.6) is 0 Å². The maximum atomic E-state index is 4.43. The van der Waals surface area contributed by atoms with Crippen molar-refractivity contribution in [3.8, 4) is 0 Å².